The summed E-state index contributed by atoms with van der Waals surface area (Å²) in [5.41, 5.74) is 0. The SMILES string of the molecule is CC[NH+]1CC[NH+]([C@H](c2cccs2)[C@@H](C)NC(=S)NC2CCCCC2)CC1. The molecule has 0 spiro atoms. The monoisotopic (exact) mass is 396 g/mol. The molecule has 4 nitrogen and oxygen atoms in total. The van der Waals surface area contributed by atoms with E-state index in [2.05, 4.69) is 42.0 Å². The van der Waals surface area contributed by atoms with Crippen LogP contribution >= 0.6 is 23.6 Å². The van der Waals surface area contributed by atoms with Gasteiger partial charge >= 0.3 is 0 Å². The lowest BCUT2D eigenvalue weighted by atomic mass is 9.96. The lowest BCUT2D eigenvalue weighted by Crippen LogP contribution is -3.28. The van der Waals surface area contributed by atoms with Gasteiger partial charge in [0.25, 0.3) is 0 Å². The Hall–Kier alpha value is -0.690. The molecule has 2 heterocycles. The smallest absolute Gasteiger partial charge is 0.166 e. The Balaban J connectivity index is 1.60. The minimum absolute atomic E-state index is 0.343. The Morgan fingerprint density at radius 2 is 1.96 bits per heavy atom. The van der Waals surface area contributed by atoms with Crippen molar-refractivity contribution in [1.29, 1.82) is 0 Å². The van der Waals surface area contributed by atoms with Crippen LogP contribution in [0, 0.1) is 0 Å². The van der Waals surface area contributed by atoms with Gasteiger partial charge in [-0.1, -0.05) is 25.3 Å². The van der Waals surface area contributed by atoms with Crippen LogP contribution in [0.3, 0.4) is 0 Å². The Morgan fingerprint density at radius 3 is 2.58 bits per heavy atom. The van der Waals surface area contributed by atoms with Crippen molar-refractivity contribution < 1.29 is 9.80 Å². The van der Waals surface area contributed by atoms with Crippen molar-refractivity contribution in [2.24, 2.45) is 0 Å². The van der Waals surface area contributed by atoms with Gasteiger partial charge in [0.2, 0.25) is 0 Å². The lowest BCUT2D eigenvalue weighted by molar-refractivity contribution is -1.03. The van der Waals surface area contributed by atoms with Crippen LogP contribution in [0.25, 0.3) is 0 Å². The highest BCUT2D eigenvalue weighted by Gasteiger charge is 2.35. The zero-order valence-electron chi connectivity index (χ0n) is 16.4. The summed E-state index contributed by atoms with van der Waals surface area (Å²) >= 11 is 7.56. The van der Waals surface area contributed by atoms with Crippen molar-refractivity contribution in [2.75, 3.05) is 32.7 Å². The second-order valence-corrected chi connectivity index (χ2v) is 9.38. The van der Waals surface area contributed by atoms with E-state index in [-0.39, 0.29) is 0 Å². The van der Waals surface area contributed by atoms with E-state index in [1.54, 1.807) is 9.80 Å². The van der Waals surface area contributed by atoms with E-state index >= 15 is 0 Å². The van der Waals surface area contributed by atoms with Crippen LogP contribution in [-0.2, 0) is 0 Å². The van der Waals surface area contributed by atoms with Crippen LogP contribution < -0.4 is 20.4 Å². The topological polar surface area (TPSA) is 32.9 Å². The summed E-state index contributed by atoms with van der Waals surface area (Å²) in [7, 11) is 0. The minimum atomic E-state index is 0.343. The summed E-state index contributed by atoms with van der Waals surface area (Å²) in [6.45, 7) is 10.9. The molecule has 146 valence electrons. The number of thiophene rings is 1. The third-order valence-electron chi connectivity index (χ3n) is 6.19. The van der Waals surface area contributed by atoms with Gasteiger partial charge in [-0.3, -0.25) is 0 Å². The van der Waals surface area contributed by atoms with Crippen LogP contribution in [-0.4, -0.2) is 49.9 Å². The second-order valence-electron chi connectivity index (χ2n) is 8.00. The van der Waals surface area contributed by atoms with E-state index in [0.717, 1.165) is 5.11 Å². The summed E-state index contributed by atoms with van der Waals surface area (Å²) in [6, 6.07) is 5.89. The molecule has 2 fully saturated rings. The molecule has 2 atom stereocenters. The molecule has 6 heteroatoms. The van der Waals surface area contributed by atoms with Crippen molar-refractivity contribution in [1.82, 2.24) is 10.6 Å². The third kappa shape index (κ3) is 5.41. The van der Waals surface area contributed by atoms with Gasteiger partial charge < -0.3 is 20.4 Å². The molecule has 0 aromatic carbocycles. The molecule has 0 bridgehead atoms. The number of thiocarbonyl (C=S) groups is 1. The average molecular weight is 397 g/mol. The first-order chi connectivity index (χ1) is 12.7. The number of rotatable bonds is 6. The maximum Gasteiger partial charge on any atom is 0.166 e. The standard InChI is InChI=1S/C20H34N4S2/c1-3-23-11-13-24(14-12-23)19(18-10-7-15-26-18)16(2)21-20(25)22-17-8-5-4-6-9-17/h7,10,15-17,19H,3-6,8-9,11-14H2,1-2H3,(H2,21,22,25)/p+2/t16-,19+/m1/s1. The molecule has 2 aliphatic rings. The first-order valence-corrected chi connectivity index (χ1v) is 11.7. The molecule has 0 unspecified atom stereocenters. The first kappa shape index (κ1) is 20.1. The van der Waals surface area contributed by atoms with Gasteiger partial charge in [0.1, 0.15) is 32.2 Å². The molecule has 26 heavy (non-hydrogen) atoms. The molecule has 1 aliphatic heterocycles. The quantitative estimate of drug-likeness (QED) is 0.537. The summed E-state index contributed by atoms with van der Waals surface area (Å²) in [5, 5.41) is 10.3. The average Bonchev–Trinajstić information content (AvgIpc) is 3.17. The zero-order valence-corrected chi connectivity index (χ0v) is 18.0. The molecule has 1 aliphatic carbocycles. The number of piperazine rings is 1. The van der Waals surface area contributed by atoms with Crippen molar-refractivity contribution in [2.45, 2.75) is 64.1 Å². The number of quaternary nitrogens is 2. The molecule has 1 aromatic heterocycles. The van der Waals surface area contributed by atoms with Gasteiger partial charge in [-0.2, -0.15) is 0 Å². The van der Waals surface area contributed by atoms with E-state index in [1.165, 1.54) is 69.7 Å². The van der Waals surface area contributed by atoms with E-state index in [9.17, 15) is 0 Å². The molecule has 1 saturated carbocycles. The molecular formula is C20H36N4S2+2. The Kier molecular flexibility index (Phi) is 7.73. The molecule has 1 aromatic rings. The Bertz CT molecular complexity index is 534. The van der Waals surface area contributed by atoms with Gasteiger partial charge in [0.15, 0.2) is 5.11 Å². The fraction of sp³-hybridized carbons (Fsp3) is 0.750. The first-order valence-electron chi connectivity index (χ1n) is 10.5. The summed E-state index contributed by atoms with van der Waals surface area (Å²) in [4.78, 5) is 4.94. The van der Waals surface area contributed by atoms with Crippen LogP contribution in [0.2, 0.25) is 0 Å². The van der Waals surface area contributed by atoms with E-state index in [4.69, 9.17) is 12.2 Å². The summed E-state index contributed by atoms with van der Waals surface area (Å²) in [5.74, 6) is 0. The third-order valence-corrected chi connectivity index (χ3v) is 7.38. The molecule has 4 N–H and O–H groups in total. The van der Waals surface area contributed by atoms with Crippen molar-refractivity contribution >= 4 is 28.7 Å². The highest BCUT2D eigenvalue weighted by Crippen LogP contribution is 2.20. The van der Waals surface area contributed by atoms with Gasteiger partial charge in [-0.05, 0) is 50.4 Å². The maximum absolute atomic E-state index is 5.67. The molecule has 1 saturated heterocycles. The highest BCUT2D eigenvalue weighted by atomic mass is 32.1. The molecule has 0 radical (unpaired) electrons. The molecular weight excluding hydrogens is 360 g/mol. The normalized spacial score (nSPS) is 26.8. The Morgan fingerprint density at radius 1 is 1.23 bits per heavy atom. The highest BCUT2D eigenvalue weighted by molar-refractivity contribution is 7.80. The van der Waals surface area contributed by atoms with Gasteiger partial charge in [-0.25, -0.2) is 0 Å². The van der Waals surface area contributed by atoms with Crippen LogP contribution in [0.15, 0.2) is 17.5 Å². The van der Waals surface area contributed by atoms with E-state index in [1.807, 2.05) is 11.3 Å². The molecule has 3 rings (SSSR count). The predicted molar refractivity (Wildman–Crippen MR) is 114 cm³/mol. The van der Waals surface area contributed by atoms with Crippen LogP contribution in [0.4, 0.5) is 0 Å². The van der Waals surface area contributed by atoms with Crippen LogP contribution in [0.1, 0.15) is 56.9 Å². The fourth-order valence-corrected chi connectivity index (χ4v) is 5.96. The van der Waals surface area contributed by atoms with E-state index in [0.29, 0.717) is 18.1 Å². The second kappa shape index (κ2) is 10.0. The van der Waals surface area contributed by atoms with Crippen molar-refractivity contribution in [3.8, 4) is 0 Å². The number of hydrogen-bond acceptors (Lipinski definition) is 2. The summed E-state index contributed by atoms with van der Waals surface area (Å²) < 4.78 is 0. The van der Waals surface area contributed by atoms with Gasteiger partial charge in [-0.15, -0.1) is 11.3 Å². The van der Waals surface area contributed by atoms with Gasteiger partial charge in [0.05, 0.1) is 17.5 Å². The van der Waals surface area contributed by atoms with Crippen molar-refractivity contribution in [3.63, 3.8) is 0 Å². The number of likely N-dealkylation sites (N-methyl/N-ethyl adjacent to an activating group) is 1. The Labute approximate surface area is 168 Å². The van der Waals surface area contributed by atoms with Crippen LogP contribution in [0.5, 0.6) is 0 Å². The fourth-order valence-electron chi connectivity index (χ4n) is 4.62. The largest absolute Gasteiger partial charge is 0.360 e. The van der Waals surface area contributed by atoms with E-state index < -0.39 is 0 Å². The predicted octanol–water partition coefficient (Wildman–Crippen LogP) is 0.778. The minimum Gasteiger partial charge on any atom is -0.360 e. The maximum atomic E-state index is 5.67. The number of nitrogens with one attached hydrogen (secondary N) is 4. The zero-order chi connectivity index (χ0) is 18.4. The van der Waals surface area contributed by atoms with Crippen molar-refractivity contribution in [3.05, 3.63) is 22.4 Å². The summed E-state index contributed by atoms with van der Waals surface area (Å²) in [6.07, 6.45) is 6.57. The molecule has 0 amide bonds. The lowest BCUT2D eigenvalue weighted by Gasteiger charge is -2.37. The van der Waals surface area contributed by atoms with Gasteiger partial charge in [0, 0.05) is 6.04 Å². The number of hydrogen-bond donors (Lipinski definition) is 4.